The molecule has 1 saturated heterocycles. The first-order valence-corrected chi connectivity index (χ1v) is 10.8. The van der Waals surface area contributed by atoms with Gasteiger partial charge < -0.3 is 19.9 Å². The van der Waals surface area contributed by atoms with Crippen LogP contribution in [-0.4, -0.2) is 54.8 Å². The summed E-state index contributed by atoms with van der Waals surface area (Å²) in [5.74, 6) is 0.964. The number of benzene rings is 3. The van der Waals surface area contributed by atoms with Gasteiger partial charge in [-0.15, -0.1) is 0 Å². The standard InChI is InChI=1S/C26H25N3O3/c1-17-6-8-24-22(14-17)27-25(30)21-16-19(7-9-23(21)32-24)18-4-3-5-20(15-18)26(31)29-12-10-28(2)11-13-29/h3-9,14-16H,10-13H2,1-2H3,(H,27,30). The fourth-order valence-corrected chi connectivity index (χ4v) is 4.14. The zero-order valence-corrected chi connectivity index (χ0v) is 18.2. The number of hydrogen-bond acceptors (Lipinski definition) is 4. The molecule has 2 heterocycles. The third-order valence-corrected chi connectivity index (χ3v) is 6.06. The highest BCUT2D eigenvalue weighted by Gasteiger charge is 2.23. The Morgan fingerprint density at radius 2 is 1.66 bits per heavy atom. The van der Waals surface area contributed by atoms with Crippen LogP contribution < -0.4 is 10.1 Å². The molecule has 0 saturated carbocycles. The molecule has 0 bridgehead atoms. The zero-order chi connectivity index (χ0) is 22.2. The van der Waals surface area contributed by atoms with Crippen LogP contribution in [0.4, 0.5) is 5.69 Å². The number of nitrogens with zero attached hydrogens (tertiary/aromatic N) is 2. The quantitative estimate of drug-likeness (QED) is 0.658. The molecule has 2 amide bonds. The third-order valence-electron chi connectivity index (χ3n) is 6.06. The Kier molecular flexibility index (Phi) is 5.15. The highest BCUT2D eigenvalue weighted by Crippen LogP contribution is 2.37. The van der Waals surface area contributed by atoms with Gasteiger partial charge in [0.05, 0.1) is 11.3 Å². The van der Waals surface area contributed by atoms with Gasteiger partial charge in [0.2, 0.25) is 0 Å². The summed E-state index contributed by atoms with van der Waals surface area (Å²) in [4.78, 5) is 30.0. The van der Waals surface area contributed by atoms with Gasteiger partial charge in [-0.2, -0.15) is 0 Å². The number of nitrogens with one attached hydrogen (secondary N) is 1. The normalized spacial score (nSPS) is 15.8. The van der Waals surface area contributed by atoms with Gasteiger partial charge in [0.15, 0.2) is 5.75 Å². The van der Waals surface area contributed by atoms with Crippen LogP contribution in [0.5, 0.6) is 11.5 Å². The average Bonchev–Trinajstić information content (AvgIpc) is 2.94. The minimum atomic E-state index is -0.212. The average molecular weight is 428 g/mol. The topological polar surface area (TPSA) is 61.9 Å². The number of anilines is 1. The van der Waals surface area contributed by atoms with E-state index < -0.39 is 0 Å². The predicted molar refractivity (Wildman–Crippen MR) is 124 cm³/mol. The number of amides is 2. The Bertz CT molecular complexity index is 1210. The molecule has 32 heavy (non-hydrogen) atoms. The molecule has 5 rings (SSSR count). The van der Waals surface area contributed by atoms with Crippen molar-refractivity contribution < 1.29 is 14.3 Å². The van der Waals surface area contributed by atoms with Gasteiger partial charge in [-0.1, -0.05) is 24.3 Å². The SMILES string of the molecule is Cc1ccc2c(c1)NC(=O)c1cc(-c3cccc(C(=O)N4CCN(C)CC4)c3)ccc1O2. The molecule has 1 fully saturated rings. The van der Waals surface area contributed by atoms with Crippen LogP contribution in [0.1, 0.15) is 26.3 Å². The molecule has 162 valence electrons. The van der Waals surface area contributed by atoms with Crippen molar-refractivity contribution in [1.29, 1.82) is 0 Å². The highest BCUT2D eigenvalue weighted by atomic mass is 16.5. The number of hydrogen-bond donors (Lipinski definition) is 1. The molecule has 2 aliphatic rings. The van der Waals surface area contributed by atoms with Gasteiger partial charge in [-0.05, 0) is 67.1 Å². The van der Waals surface area contributed by atoms with Crippen molar-refractivity contribution >= 4 is 17.5 Å². The van der Waals surface area contributed by atoms with E-state index in [0.717, 1.165) is 42.9 Å². The third kappa shape index (κ3) is 3.85. The molecule has 0 radical (unpaired) electrons. The van der Waals surface area contributed by atoms with Crippen molar-refractivity contribution in [3.8, 4) is 22.6 Å². The summed E-state index contributed by atoms with van der Waals surface area (Å²) in [6.45, 7) is 5.20. The molecule has 2 aliphatic heterocycles. The maximum atomic E-state index is 13.0. The van der Waals surface area contributed by atoms with E-state index in [9.17, 15) is 9.59 Å². The Morgan fingerprint density at radius 1 is 0.906 bits per heavy atom. The van der Waals surface area contributed by atoms with E-state index in [4.69, 9.17) is 4.74 Å². The van der Waals surface area contributed by atoms with Gasteiger partial charge in [-0.3, -0.25) is 9.59 Å². The van der Waals surface area contributed by atoms with Crippen molar-refractivity contribution in [2.45, 2.75) is 6.92 Å². The molecule has 0 aliphatic carbocycles. The van der Waals surface area contributed by atoms with E-state index in [1.807, 2.05) is 72.5 Å². The van der Waals surface area contributed by atoms with Crippen LogP contribution in [-0.2, 0) is 0 Å². The minimum absolute atomic E-state index is 0.0432. The second-order valence-corrected chi connectivity index (χ2v) is 8.44. The second-order valence-electron chi connectivity index (χ2n) is 8.44. The molecular formula is C26H25N3O3. The maximum Gasteiger partial charge on any atom is 0.259 e. The van der Waals surface area contributed by atoms with Gasteiger partial charge >= 0.3 is 0 Å². The lowest BCUT2D eigenvalue weighted by Crippen LogP contribution is -2.47. The molecule has 0 aromatic heterocycles. The molecule has 3 aromatic carbocycles. The van der Waals surface area contributed by atoms with E-state index in [2.05, 4.69) is 17.3 Å². The zero-order valence-electron chi connectivity index (χ0n) is 18.2. The van der Waals surface area contributed by atoms with Crippen molar-refractivity contribution in [2.24, 2.45) is 0 Å². The van der Waals surface area contributed by atoms with Crippen molar-refractivity contribution in [1.82, 2.24) is 9.80 Å². The first-order chi connectivity index (χ1) is 15.5. The fraction of sp³-hybridized carbons (Fsp3) is 0.231. The van der Waals surface area contributed by atoms with Crippen molar-refractivity contribution in [3.63, 3.8) is 0 Å². The van der Waals surface area contributed by atoms with E-state index in [1.165, 1.54) is 0 Å². The van der Waals surface area contributed by atoms with Gasteiger partial charge in [0.1, 0.15) is 5.75 Å². The molecule has 6 heteroatoms. The first-order valence-electron chi connectivity index (χ1n) is 10.8. The fourth-order valence-electron chi connectivity index (χ4n) is 4.14. The van der Waals surface area contributed by atoms with Crippen LogP contribution in [0.3, 0.4) is 0 Å². The number of fused-ring (bicyclic) bond motifs is 2. The summed E-state index contributed by atoms with van der Waals surface area (Å²) in [7, 11) is 2.07. The number of carbonyl (C=O) groups excluding carboxylic acids is 2. The summed E-state index contributed by atoms with van der Waals surface area (Å²) in [5, 5.41) is 2.95. The molecular weight excluding hydrogens is 402 g/mol. The molecule has 0 spiro atoms. The largest absolute Gasteiger partial charge is 0.454 e. The first kappa shape index (κ1) is 20.3. The Morgan fingerprint density at radius 3 is 2.47 bits per heavy atom. The number of piperazine rings is 1. The van der Waals surface area contributed by atoms with Gasteiger partial charge in [0.25, 0.3) is 11.8 Å². The molecule has 3 aromatic rings. The maximum absolute atomic E-state index is 13.0. The van der Waals surface area contributed by atoms with Crippen molar-refractivity contribution in [3.05, 3.63) is 77.4 Å². The number of aryl methyl sites for hydroxylation is 1. The Hall–Kier alpha value is -3.64. The molecule has 1 N–H and O–H groups in total. The smallest absolute Gasteiger partial charge is 0.259 e. The van der Waals surface area contributed by atoms with Crippen LogP contribution in [0.2, 0.25) is 0 Å². The van der Waals surface area contributed by atoms with Crippen molar-refractivity contribution in [2.75, 3.05) is 38.5 Å². The lowest BCUT2D eigenvalue weighted by atomic mass is 9.99. The van der Waals surface area contributed by atoms with E-state index in [0.29, 0.717) is 28.3 Å². The van der Waals surface area contributed by atoms with Crippen LogP contribution in [0.25, 0.3) is 11.1 Å². The predicted octanol–water partition coefficient (Wildman–Crippen LogP) is 4.41. The lowest BCUT2D eigenvalue weighted by molar-refractivity contribution is 0.0664. The van der Waals surface area contributed by atoms with Gasteiger partial charge in [-0.25, -0.2) is 0 Å². The highest BCUT2D eigenvalue weighted by molar-refractivity contribution is 6.08. The van der Waals surface area contributed by atoms with Crippen LogP contribution in [0, 0.1) is 6.92 Å². The number of carbonyl (C=O) groups is 2. The summed E-state index contributed by atoms with van der Waals surface area (Å²) in [6, 6.07) is 18.9. The van der Waals surface area contributed by atoms with E-state index >= 15 is 0 Å². The van der Waals surface area contributed by atoms with Crippen LogP contribution in [0.15, 0.2) is 60.7 Å². The number of ether oxygens (including phenoxy) is 1. The summed E-state index contributed by atoms with van der Waals surface area (Å²) >= 11 is 0. The summed E-state index contributed by atoms with van der Waals surface area (Å²) in [5.41, 5.74) is 4.57. The Balaban J connectivity index is 1.44. The molecule has 0 unspecified atom stereocenters. The minimum Gasteiger partial charge on any atom is -0.454 e. The van der Waals surface area contributed by atoms with E-state index in [1.54, 1.807) is 0 Å². The Labute approximate surface area is 187 Å². The number of rotatable bonds is 2. The lowest BCUT2D eigenvalue weighted by Gasteiger charge is -2.32. The summed E-state index contributed by atoms with van der Waals surface area (Å²) < 4.78 is 6.02. The monoisotopic (exact) mass is 427 g/mol. The van der Waals surface area contributed by atoms with E-state index in [-0.39, 0.29) is 11.8 Å². The second kappa shape index (κ2) is 8.13. The van der Waals surface area contributed by atoms with Gasteiger partial charge in [0, 0.05) is 31.7 Å². The van der Waals surface area contributed by atoms with Crippen LogP contribution >= 0.6 is 0 Å². The summed E-state index contributed by atoms with van der Waals surface area (Å²) in [6.07, 6.45) is 0. The molecule has 0 atom stereocenters. The molecule has 6 nitrogen and oxygen atoms in total. The number of likely N-dealkylation sites (N-methyl/N-ethyl adjacent to an activating group) is 1.